The van der Waals surface area contributed by atoms with Gasteiger partial charge in [0, 0.05) is 6.92 Å². The summed E-state index contributed by atoms with van der Waals surface area (Å²) in [4.78, 5) is 33.7. The number of nitrogens with two attached hydrogens (primary N) is 1. The average Bonchev–Trinajstić information content (AvgIpc) is 2.24. The molecule has 0 radical (unpaired) electrons. The Kier molecular flexibility index (Phi) is 6.23. The molecule has 6 heteroatoms. The van der Waals surface area contributed by atoms with Gasteiger partial charge in [0.25, 0.3) is 0 Å². The van der Waals surface area contributed by atoms with Gasteiger partial charge in [-0.15, -0.1) is 0 Å². The first-order valence-electron chi connectivity index (χ1n) is 5.66. The Labute approximate surface area is 101 Å². The van der Waals surface area contributed by atoms with Crippen molar-refractivity contribution in [2.75, 3.05) is 0 Å². The summed E-state index contributed by atoms with van der Waals surface area (Å²) < 4.78 is 0. The third-order valence-electron chi connectivity index (χ3n) is 2.64. The fourth-order valence-corrected chi connectivity index (χ4v) is 1.30. The minimum Gasteiger partial charge on any atom is -0.368 e. The molecule has 0 unspecified atom stereocenters. The van der Waals surface area contributed by atoms with E-state index in [1.54, 1.807) is 0 Å². The van der Waals surface area contributed by atoms with E-state index in [2.05, 4.69) is 10.6 Å². The number of carbonyl (C=O) groups is 3. The summed E-state index contributed by atoms with van der Waals surface area (Å²) in [5.74, 6) is -1.29. The van der Waals surface area contributed by atoms with Gasteiger partial charge in [-0.2, -0.15) is 0 Å². The Morgan fingerprint density at radius 1 is 1.18 bits per heavy atom. The molecule has 6 nitrogen and oxygen atoms in total. The molecule has 4 N–H and O–H groups in total. The normalized spacial score (nSPS) is 15.5. The second kappa shape index (κ2) is 6.88. The summed E-state index contributed by atoms with van der Waals surface area (Å²) in [7, 11) is 0. The van der Waals surface area contributed by atoms with Crippen molar-refractivity contribution in [2.45, 2.75) is 46.2 Å². The molecule has 0 aromatic carbocycles. The molecule has 0 saturated heterocycles. The lowest BCUT2D eigenvalue weighted by molar-refractivity contribution is -0.131. The van der Waals surface area contributed by atoms with E-state index in [9.17, 15) is 14.4 Å². The Morgan fingerprint density at radius 2 is 1.71 bits per heavy atom. The van der Waals surface area contributed by atoms with Crippen molar-refractivity contribution >= 4 is 17.7 Å². The summed E-state index contributed by atoms with van der Waals surface area (Å²) >= 11 is 0. The van der Waals surface area contributed by atoms with Crippen LogP contribution in [0.15, 0.2) is 0 Å². The van der Waals surface area contributed by atoms with Crippen LogP contribution < -0.4 is 16.4 Å². The largest absolute Gasteiger partial charge is 0.368 e. The monoisotopic (exact) mass is 243 g/mol. The number of hydrogen-bond acceptors (Lipinski definition) is 3. The molecule has 98 valence electrons. The Balaban J connectivity index is 4.63. The second-order valence-corrected chi connectivity index (χ2v) is 4.20. The molecule has 0 bridgehead atoms. The fourth-order valence-electron chi connectivity index (χ4n) is 1.30. The second-order valence-electron chi connectivity index (χ2n) is 4.20. The SMILES string of the molecule is CC[C@H](C)[C@H](NC(C)=O)C(=O)N[C@@H](C)C(N)=O. The van der Waals surface area contributed by atoms with E-state index in [0.29, 0.717) is 0 Å². The predicted octanol–water partition coefficient (Wildman–Crippen LogP) is -0.473. The summed E-state index contributed by atoms with van der Waals surface area (Å²) in [6, 6.07) is -1.39. The summed E-state index contributed by atoms with van der Waals surface area (Å²) in [5.41, 5.74) is 5.05. The van der Waals surface area contributed by atoms with E-state index in [4.69, 9.17) is 5.73 Å². The smallest absolute Gasteiger partial charge is 0.243 e. The molecule has 0 spiro atoms. The van der Waals surface area contributed by atoms with Gasteiger partial charge in [0.05, 0.1) is 0 Å². The van der Waals surface area contributed by atoms with Crippen LogP contribution >= 0.6 is 0 Å². The van der Waals surface area contributed by atoms with Gasteiger partial charge < -0.3 is 16.4 Å². The van der Waals surface area contributed by atoms with E-state index in [1.807, 2.05) is 13.8 Å². The number of carbonyl (C=O) groups excluding carboxylic acids is 3. The zero-order valence-electron chi connectivity index (χ0n) is 10.7. The maximum Gasteiger partial charge on any atom is 0.243 e. The van der Waals surface area contributed by atoms with Crippen LogP contribution in [0.3, 0.4) is 0 Å². The first kappa shape index (κ1) is 15.4. The number of hydrogen-bond donors (Lipinski definition) is 3. The third-order valence-corrected chi connectivity index (χ3v) is 2.64. The molecular weight excluding hydrogens is 222 g/mol. The molecule has 17 heavy (non-hydrogen) atoms. The van der Waals surface area contributed by atoms with Crippen LogP contribution in [-0.4, -0.2) is 29.8 Å². The Morgan fingerprint density at radius 3 is 2.06 bits per heavy atom. The lowest BCUT2D eigenvalue weighted by Crippen LogP contribution is -2.53. The number of amides is 3. The van der Waals surface area contributed by atoms with Crippen LogP contribution in [0.4, 0.5) is 0 Å². The molecule has 0 aliphatic heterocycles. The molecule has 0 fully saturated rings. The van der Waals surface area contributed by atoms with Gasteiger partial charge in [0.15, 0.2) is 0 Å². The zero-order chi connectivity index (χ0) is 13.6. The Bertz CT molecular complexity index is 304. The molecule has 0 aliphatic carbocycles. The highest BCUT2D eigenvalue weighted by Gasteiger charge is 2.26. The van der Waals surface area contributed by atoms with Crippen LogP contribution in [0.25, 0.3) is 0 Å². The molecule has 0 saturated carbocycles. The molecular formula is C11H21N3O3. The van der Waals surface area contributed by atoms with Gasteiger partial charge >= 0.3 is 0 Å². The number of primary amides is 1. The Hall–Kier alpha value is -1.59. The molecule has 0 aromatic heterocycles. The van der Waals surface area contributed by atoms with Crippen molar-refractivity contribution in [3.8, 4) is 0 Å². The quantitative estimate of drug-likeness (QED) is 0.587. The maximum atomic E-state index is 11.9. The van der Waals surface area contributed by atoms with E-state index < -0.39 is 18.0 Å². The minimum atomic E-state index is -0.747. The van der Waals surface area contributed by atoms with Gasteiger partial charge in [-0.1, -0.05) is 20.3 Å². The van der Waals surface area contributed by atoms with E-state index >= 15 is 0 Å². The van der Waals surface area contributed by atoms with Gasteiger partial charge in [-0.25, -0.2) is 0 Å². The van der Waals surface area contributed by atoms with Crippen LogP contribution in [0.5, 0.6) is 0 Å². The van der Waals surface area contributed by atoms with Crippen molar-refractivity contribution in [1.29, 1.82) is 0 Å². The lowest BCUT2D eigenvalue weighted by atomic mass is 9.98. The summed E-state index contributed by atoms with van der Waals surface area (Å²) in [5, 5.41) is 5.04. The minimum absolute atomic E-state index is 0.0148. The van der Waals surface area contributed by atoms with Gasteiger partial charge in [0.1, 0.15) is 12.1 Å². The molecule has 3 atom stereocenters. The van der Waals surface area contributed by atoms with Crippen LogP contribution in [0, 0.1) is 5.92 Å². The number of nitrogens with one attached hydrogen (secondary N) is 2. The molecule has 3 amide bonds. The average molecular weight is 243 g/mol. The van der Waals surface area contributed by atoms with Crippen molar-refractivity contribution in [2.24, 2.45) is 11.7 Å². The van der Waals surface area contributed by atoms with E-state index in [1.165, 1.54) is 13.8 Å². The van der Waals surface area contributed by atoms with E-state index in [0.717, 1.165) is 6.42 Å². The first-order chi connectivity index (χ1) is 7.79. The lowest BCUT2D eigenvalue weighted by Gasteiger charge is -2.24. The van der Waals surface area contributed by atoms with Crippen molar-refractivity contribution in [3.05, 3.63) is 0 Å². The van der Waals surface area contributed by atoms with Gasteiger partial charge in [-0.3, -0.25) is 14.4 Å². The van der Waals surface area contributed by atoms with Gasteiger partial charge in [-0.05, 0) is 12.8 Å². The van der Waals surface area contributed by atoms with Gasteiger partial charge in [0.2, 0.25) is 17.7 Å². The fraction of sp³-hybridized carbons (Fsp3) is 0.727. The highest BCUT2D eigenvalue weighted by molar-refractivity contribution is 5.91. The maximum absolute atomic E-state index is 11.9. The highest BCUT2D eigenvalue weighted by atomic mass is 16.2. The summed E-state index contributed by atoms with van der Waals surface area (Å²) in [6.07, 6.45) is 0.739. The molecule has 0 aromatic rings. The zero-order valence-corrected chi connectivity index (χ0v) is 10.7. The summed E-state index contributed by atoms with van der Waals surface area (Å²) in [6.45, 7) is 6.63. The predicted molar refractivity (Wildman–Crippen MR) is 63.9 cm³/mol. The van der Waals surface area contributed by atoms with Crippen molar-refractivity contribution in [1.82, 2.24) is 10.6 Å². The third kappa shape index (κ3) is 5.33. The highest BCUT2D eigenvalue weighted by Crippen LogP contribution is 2.08. The molecule has 0 aliphatic rings. The van der Waals surface area contributed by atoms with Crippen LogP contribution in [0.1, 0.15) is 34.1 Å². The van der Waals surface area contributed by atoms with Crippen LogP contribution in [0.2, 0.25) is 0 Å². The van der Waals surface area contributed by atoms with Crippen LogP contribution in [-0.2, 0) is 14.4 Å². The molecule has 0 rings (SSSR count). The molecule has 0 heterocycles. The number of rotatable bonds is 6. The topological polar surface area (TPSA) is 101 Å². The first-order valence-corrected chi connectivity index (χ1v) is 5.66. The van der Waals surface area contributed by atoms with E-state index in [-0.39, 0.29) is 17.7 Å². The van der Waals surface area contributed by atoms with Crippen molar-refractivity contribution in [3.63, 3.8) is 0 Å². The van der Waals surface area contributed by atoms with Crippen molar-refractivity contribution < 1.29 is 14.4 Å². The standard InChI is InChI=1S/C11H21N3O3/c1-5-6(2)9(14-8(4)15)11(17)13-7(3)10(12)16/h6-7,9H,5H2,1-4H3,(H2,12,16)(H,13,17)(H,14,15)/t6-,7-,9-/m0/s1.